The Bertz CT molecular complexity index is 1030. The molecule has 7 nitrogen and oxygen atoms in total. The number of aromatic nitrogens is 1. The van der Waals surface area contributed by atoms with Crippen LogP contribution in [0.5, 0.6) is 11.5 Å². The number of methoxy groups -OCH3 is 1. The van der Waals surface area contributed by atoms with E-state index in [4.69, 9.17) is 21.1 Å². The highest BCUT2D eigenvalue weighted by Gasteiger charge is 2.28. The highest BCUT2D eigenvalue weighted by molar-refractivity contribution is 6.30. The van der Waals surface area contributed by atoms with Crippen molar-refractivity contribution < 1.29 is 14.3 Å². The van der Waals surface area contributed by atoms with Gasteiger partial charge in [0.25, 0.3) is 5.91 Å². The minimum Gasteiger partial charge on any atom is -0.497 e. The summed E-state index contributed by atoms with van der Waals surface area (Å²) in [6.07, 6.45) is 0.536. The van der Waals surface area contributed by atoms with Gasteiger partial charge in [-0.25, -0.2) is 10.9 Å². The van der Waals surface area contributed by atoms with E-state index in [1.807, 2.05) is 6.07 Å². The molecule has 0 radical (unpaired) electrons. The Labute approximate surface area is 180 Å². The van der Waals surface area contributed by atoms with Crippen molar-refractivity contribution in [3.05, 3.63) is 59.2 Å². The molecular weight excluding hydrogens is 404 g/mol. The largest absolute Gasteiger partial charge is 0.497 e. The summed E-state index contributed by atoms with van der Waals surface area (Å²) in [4.78, 5) is 12.3. The van der Waals surface area contributed by atoms with Crippen LogP contribution in [-0.4, -0.2) is 30.4 Å². The number of carbonyl (C=O) groups is 1. The van der Waals surface area contributed by atoms with Crippen molar-refractivity contribution in [1.82, 2.24) is 20.7 Å². The molecular formula is C22H25ClN4O3. The van der Waals surface area contributed by atoms with E-state index in [1.165, 1.54) is 11.1 Å². The predicted octanol–water partition coefficient (Wildman–Crippen LogP) is 3.38. The van der Waals surface area contributed by atoms with Crippen LogP contribution in [0.25, 0.3) is 10.9 Å². The maximum atomic E-state index is 12.3. The summed E-state index contributed by atoms with van der Waals surface area (Å²) in [5.74, 6) is 1.25. The average Bonchev–Trinajstić information content (AvgIpc) is 3.36. The molecule has 1 fully saturated rings. The van der Waals surface area contributed by atoms with E-state index in [9.17, 15) is 4.79 Å². The van der Waals surface area contributed by atoms with Crippen LogP contribution in [0.3, 0.4) is 0 Å². The fourth-order valence-electron chi connectivity index (χ4n) is 3.78. The Balaban J connectivity index is 1.38. The van der Waals surface area contributed by atoms with Crippen molar-refractivity contribution in [1.29, 1.82) is 0 Å². The lowest BCUT2D eigenvalue weighted by atomic mass is 10.1. The number of aryl methyl sites for hydroxylation is 1. The van der Waals surface area contributed by atoms with E-state index in [-0.39, 0.29) is 24.7 Å². The zero-order chi connectivity index (χ0) is 21.1. The maximum Gasteiger partial charge on any atom is 0.259 e. The first-order valence-corrected chi connectivity index (χ1v) is 10.3. The Hall–Kier alpha value is -2.74. The molecule has 1 aromatic heterocycles. The average molecular weight is 429 g/mol. The molecule has 8 heteroatoms. The van der Waals surface area contributed by atoms with Gasteiger partial charge in [0.15, 0.2) is 6.61 Å². The lowest BCUT2D eigenvalue weighted by molar-refractivity contribution is -0.123. The summed E-state index contributed by atoms with van der Waals surface area (Å²) < 4.78 is 13.1. The van der Waals surface area contributed by atoms with Gasteiger partial charge in [0.1, 0.15) is 11.5 Å². The van der Waals surface area contributed by atoms with Crippen molar-refractivity contribution >= 4 is 28.4 Å². The Morgan fingerprint density at radius 2 is 1.93 bits per heavy atom. The van der Waals surface area contributed by atoms with Crippen molar-refractivity contribution in [3.8, 4) is 11.5 Å². The molecule has 1 aliphatic rings. The Morgan fingerprint density at radius 1 is 1.17 bits per heavy atom. The standard InChI is InChI=1S/C22H25ClN4O3/c1-3-27-19-11-17(29-2)7-4-14(19)10-20(27)18-12-21(26-25-18)24-22(28)13-30-16-8-5-15(23)6-9-16/h4-11,18,21,25-26H,3,12-13H2,1-2H3,(H,24,28). The number of rotatable bonds is 7. The third-order valence-electron chi connectivity index (χ3n) is 5.24. The molecule has 2 heterocycles. The van der Waals surface area contributed by atoms with E-state index in [1.54, 1.807) is 31.4 Å². The third-order valence-corrected chi connectivity index (χ3v) is 5.49. The van der Waals surface area contributed by atoms with Gasteiger partial charge in [0, 0.05) is 35.1 Å². The summed E-state index contributed by atoms with van der Waals surface area (Å²) in [7, 11) is 1.67. The van der Waals surface area contributed by atoms with Crippen LogP contribution in [-0.2, 0) is 11.3 Å². The number of nitrogens with one attached hydrogen (secondary N) is 3. The smallest absolute Gasteiger partial charge is 0.259 e. The molecule has 1 amide bonds. The normalized spacial score (nSPS) is 18.5. The van der Waals surface area contributed by atoms with Gasteiger partial charge in [-0.05, 0) is 49.4 Å². The molecule has 0 aliphatic carbocycles. The fraction of sp³-hybridized carbons (Fsp3) is 0.318. The van der Waals surface area contributed by atoms with Gasteiger partial charge in [-0.15, -0.1) is 0 Å². The van der Waals surface area contributed by atoms with E-state index >= 15 is 0 Å². The van der Waals surface area contributed by atoms with E-state index in [2.05, 4.69) is 45.9 Å². The highest BCUT2D eigenvalue weighted by Crippen LogP contribution is 2.30. The number of hydrogen-bond acceptors (Lipinski definition) is 5. The molecule has 3 N–H and O–H groups in total. The van der Waals surface area contributed by atoms with Crippen molar-refractivity contribution in [2.75, 3.05) is 13.7 Å². The predicted molar refractivity (Wildman–Crippen MR) is 117 cm³/mol. The molecule has 4 rings (SSSR count). The van der Waals surface area contributed by atoms with E-state index in [0.29, 0.717) is 10.8 Å². The van der Waals surface area contributed by atoms with E-state index < -0.39 is 0 Å². The quantitative estimate of drug-likeness (QED) is 0.537. The van der Waals surface area contributed by atoms with Gasteiger partial charge in [0.05, 0.1) is 24.8 Å². The minimum atomic E-state index is -0.189. The molecule has 2 unspecified atom stereocenters. The zero-order valence-corrected chi connectivity index (χ0v) is 17.7. The first-order valence-electron chi connectivity index (χ1n) is 9.93. The molecule has 1 aliphatic heterocycles. The lowest BCUT2D eigenvalue weighted by Gasteiger charge is -2.14. The van der Waals surface area contributed by atoms with Gasteiger partial charge in [-0.3, -0.25) is 4.79 Å². The van der Waals surface area contributed by atoms with Gasteiger partial charge < -0.3 is 19.4 Å². The minimum absolute atomic E-state index is 0.0561. The van der Waals surface area contributed by atoms with Crippen LogP contribution in [0, 0.1) is 0 Å². The molecule has 1 saturated heterocycles. The summed E-state index contributed by atoms with van der Waals surface area (Å²) in [5, 5.41) is 4.75. The molecule has 30 heavy (non-hydrogen) atoms. The number of nitrogens with zero attached hydrogens (tertiary/aromatic N) is 1. The van der Waals surface area contributed by atoms with Crippen LogP contribution in [0.4, 0.5) is 0 Å². The molecule has 2 atom stereocenters. The van der Waals surface area contributed by atoms with Gasteiger partial charge in [0.2, 0.25) is 0 Å². The van der Waals surface area contributed by atoms with Crippen LogP contribution in [0.2, 0.25) is 5.02 Å². The number of amides is 1. The van der Waals surface area contributed by atoms with Gasteiger partial charge in [-0.2, -0.15) is 0 Å². The van der Waals surface area contributed by atoms with Crippen LogP contribution >= 0.6 is 11.6 Å². The maximum absolute atomic E-state index is 12.3. The van der Waals surface area contributed by atoms with E-state index in [0.717, 1.165) is 24.2 Å². The molecule has 158 valence electrons. The summed E-state index contributed by atoms with van der Waals surface area (Å²) >= 11 is 5.86. The van der Waals surface area contributed by atoms with Gasteiger partial charge in [-0.1, -0.05) is 11.6 Å². The number of halogens is 1. The second kappa shape index (κ2) is 8.95. The molecule has 0 spiro atoms. The van der Waals surface area contributed by atoms with Crippen LogP contribution in [0.1, 0.15) is 25.1 Å². The number of benzene rings is 2. The van der Waals surface area contributed by atoms with Gasteiger partial charge >= 0.3 is 0 Å². The fourth-order valence-corrected chi connectivity index (χ4v) is 3.91. The summed E-state index contributed by atoms with van der Waals surface area (Å²) in [6, 6.07) is 15.3. The number of hydrazine groups is 1. The second-order valence-electron chi connectivity index (χ2n) is 7.18. The molecule has 3 aromatic rings. The van der Waals surface area contributed by atoms with Crippen molar-refractivity contribution in [2.24, 2.45) is 0 Å². The monoisotopic (exact) mass is 428 g/mol. The summed E-state index contributed by atoms with van der Waals surface area (Å²) in [5.41, 5.74) is 8.77. The Morgan fingerprint density at radius 3 is 2.67 bits per heavy atom. The third kappa shape index (κ3) is 4.38. The topological polar surface area (TPSA) is 76.6 Å². The Kier molecular flexibility index (Phi) is 6.13. The van der Waals surface area contributed by atoms with Crippen LogP contribution in [0.15, 0.2) is 48.5 Å². The first-order chi connectivity index (χ1) is 14.6. The highest BCUT2D eigenvalue weighted by atomic mass is 35.5. The molecule has 0 bridgehead atoms. The SMILES string of the molecule is CCn1c(C2CC(NC(=O)COc3ccc(Cl)cc3)NN2)cc2ccc(OC)cc21. The zero-order valence-electron chi connectivity index (χ0n) is 16.9. The second-order valence-corrected chi connectivity index (χ2v) is 7.61. The molecule has 2 aromatic carbocycles. The van der Waals surface area contributed by atoms with Crippen molar-refractivity contribution in [3.63, 3.8) is 0 Å². The first kappa shape index (κ1) is 20.5. The number of fused-ring (bicyclic) bond motifs is 1. The number of carbonyl (C=O) groups excluding carboxylic acids is 1. The molecule has 0 saturated carbocycles. The number of hydrogen-bond donors (Lipinski definition) is 3. The summed E-state index contributed by atoms with van der Waals surface area (Å²) in [6.45, 7) is 2.91. The van der Waals surface area contributed by atoms with Crippen LogP contribution < -0.4 is 25.6 Å². The number of ether oxygens (including phenoxy) is 2. The van der Waals surface area contributed by atoms with Crippen molar-refractivity contribution in [2.45, 2.75) is 32.1 Å². The lowest BCUT2D eigenvalue weighted by Crippen LogP contribution is -2.45.